The van der Waals surface area contributed by atoms with Gasteiger partial charge in [0, 0.05) is 36.7 Å². The first-order chi connectivity index (χ1) is 17.6. The number of hydrogen-bond acceptors (Lipinski definition) is 5. The summed E-state index contributed by atoms with van der Waals surface area (Å²) in [4.78, 5) is 22.5. The maximum atomic E-state index is 13.5. The summed E-state index contributed by atoms with van der Waals surface area (Å²) < 4.78 is 25.3. The van der Waals surface area contributed by atoms with Crippen molar-refractivity contribution in [3.63, 3.8) is 0 Å². The van der Waals surface area contributed by atoms with E-state index in [9.17, 15) is 9.18 Å². The van der Waals surface area contributed by atoms with Crippen molar-refractivity contribution in [2.75, 3.05) is 20.3 Å². The Hall–Kier alpha value is -3.32. The van der Waals surface area contributed by atoms with Gasteiger partial charge in [-0.25, -0.2) is 9.37 Å². The number of carbonyl (C=O) groups excluding carboxylic acids is 1. The number of carbonyl (C=O) groups is 1. The van der Waals surface area contributed by atoms with Gasteiger partial charge in [0.05, 0.1) is 38.1 Å². The molecule has 1 saturated heterocycles. The molecule has 36 heavy (non-hydrogen) atoms. The molecule has 4 atom stereocenters. The number of rotatable bonds is 9. The molecule has 6 nitrogen and oxygen atoms in total. The molecule has 2 aromatic carbocycles. The van der Waals surface area contributed by atoms with E-state index in [1.165, 1.54) is 12.1 Å². The molecule has 2 heterocycles. The smallest absolute Gasteiger partial charge is 0.183 e. The van der Waals surface area contributed by atoms with E-state index in [1.807, 2.05) is 6.92 Å². The van der Waals surface area contributed by atoms with Crippen LogP contribution in [0.2, 0.25) is 0 Å². The number of halogens is 1. The average Bonchev–Trinajstić information content (AvgIpc) is 3.48. The largest absolute Gasteiger partial charge is 0.496 e. The predicted molar refractivity (Wildman–Crippen MR) is 135 cm³/mol. The maximum Gasteiger partial charge on any atom is 0.183 e. The van der Waals surface area contributed by atoms with Gasteiger partial charge in [0.1, 0.15) is 29.6 Å². The monoisotopic (exact) mass is 490 g/mol. The summed E-state index contributed by atoms with van der Waals surface area (Å²) >= 11 is 0. The fraction of sp³-hybridized carbons (Fsp3) is 0.414. The Morgan fingerprint density at radius 1 is 1.11 bits per heavy atom. The lowest BCUT2D eigenvalue weighted by Gasteiger charge is -2.23. The summed E-state index contributed by atoms with van der Waals surface area (Å²) in [5.74, 6) is 2.30. The molecule has 0 amide bonds. The van der Waals surface area contributed by atoms with E-state index >= 15 is 0 Å². The van der Waals surface area contributed by atoms with Gasteiger partial charge >= 0.3 is 0 Å². The molecule has 2 fully saturated rings. The van der Waals surface area contributed by atoms with Crippen molar-refractivity contribution < 1.29 is 23.6 Å². The van der Waals surface area contributed by atoms with Gasteiger partial charge in [0.15, 0.2) is 5.78 Å². The number of aromatic nitrogens is 2. The van der Waals surface area contributed by atoms with E-state index in [4.69, 9.17) is 9.47 Å². The number of nitrogens with zero attached hydrogens (tertiary/aromatic N) is 2. The van der Waals surface area contributed by atoms with E-state index in [0.717, 1.165) is 60.5 Å². The lowest BCUT2D eigenvalue weighted by atomic mass is 9.88. The standard InChI is InChI=1S/C29H32FN3O3/c1-3-36-28-15-19(14-27(35-2)29(28)20-4-7-22(30)8-5-20)18-33-13-10-23-21(6-9-25(23)33)16-26(34)24-17-31-11-12-32-24/h4-5,7-8,11-12,14-15,17,21,23,25H,3,6,9-10,13,16,18H2,1-2H3/p+1/t21?,23-,25+/m0/s1. The van der Waals surface area contributed by atoms with Crippen LogP contribution in [0.1, 0.15) is 48.7 Å². The number of hydrogen-bond donors (Lipinski definition) is 1. The minimum atomic E-state index is -0.271. The van der Waals surface area contributed by atoms with Gasteiger partial charge in [-0.3, -0.25) is 9.78 Å². The molecule has 1 aromatic heterocycles. The number of Topliss-reactive ketones (excluding diaryl/α,β-unsaturated/α-hetero) is 1. The van der Waals surface area contributed by atoms with E-state index in [1.54, 1.807) is 42.7 Å². The van der Waals surface area contributed by atoms with Crippen LogP contribution in [0.4, 0.5) is 4.39 Å². The van der Waals surface area contributed by atoms with Crippen molar-refractivity contribution in [1.82, 2.24) is 9.97 Å². The fourth-order valence-electron chi connectivity index (χ4n) is 6.23. The van der Waals surface area contributed by atoms with Crippen LogP contribution in [0, 0.1) is 17.7 Å². The topological polar surface area (TPSA) is 65.8 Å². The average molecular weight is 491 g/mol. The SMILES string of the molecule is CCOc1cc(C[NH+]2CC[C@H]3C(CC(=O)c4cnccn4)CC[C@H]32)cc(OC)c1-c1ccc(F)cc1. The van der Waals surface area contributed by atoms with Crippen molar-refractivity contribution >= 4 is 5.78 Å². The summed E-state index contributed by atoms with van der Waals surface area (Å²) in [6.45, 7) is 4.47. The third kappa shape index (κ3) is 4.98. The Bertz CT molecular complexity index is 1200. The summed E-state index contributed by atoms with van der Waals surface area (Å²) in [5.41, 5.74) is 3.35. The van der Waals surface area contributed by atoms with Gasteiger partial charge in [-0.1, -0.05) is 12.1 Å². The molecule has 188 valence electrons. The number of quaternary nitrogens is 1. The molecule has 0 radical (unpaired) electrons. The highest BCUT2D eigenvalue weighted by Gasteiger charge is 2.47. The summed E-state index contributed by atoms with van der Waals surface area (Å²) in [5, 5.41) is 0. The number of ether oxygens (including phenoxy) is 2. The molecule has 0 spiro atoms. The van der Waals surface area contributed by atoms with E-state index in [2.05, 4.69) is 22.1 Å². The first kappa shape index (κ1) is 24.4. The van der Waals surface area contributed by atoms with Crippen molar-refractivity contribution in [1.29, 1.82) is 0 Å². The van der Waals surface area contributed by atoms with Gasteiger partial charge < -0.3 is 14.4 Å². The van der Waals surface area contributed by atoms with Crippen LogP contribution in [0.5, 0.6) is 11.5 Å². The molecule has 2 aliphatic rings. The number of methoxy groups -OCH3 is 1. The van der Waals surface area contributed by atoms with Crippen molar-refractivity contribution in [2.45, 2.75) is 45.2 Å². The van der Waals surface area contributed by atoms with Crippen LogP contribution < -0.4 is 14.4 Å². The summed E-state index contributed by atoms with van der Waals surface area (Å²) in [6, 6.07) is 11.2. The number of fused-ring (bicyclic) bond motifs is 1. The lowest BCUT2D eigenvalue weighted by molar-refractivity contribution is -0.927. The molecular weight excluding hydrogens is 457 g/mol. The predicted octanol–water partition coefficient (Wildman–Crippen LogP) is 4.15. The third-order valence-corrected chi connectivity index (χ3v) is 7.80. The molecule has 2 unspecified atom stereocenters. The molecule has 5 rings (SSSR count). The molecule has 1 aliphatic carbocycles. The quantitative estimate of drug-likeness (QED) is 0.457. The summed E-state index contributed by atoms with van der Waals surface area (Å²) in [7, 11) is 1.66. The van der Waals surface area contributed by atoms with Gasteiger partial charge in [0.25, 0.3) is 0 Å². The van der Waals surface area contributed by atoms with Crippen LogP contribution in [0.15, 0.2) is 55.0 Å². The number of benzene rings is 2. The van der Waals surface area contributed by atoms with Crippen molar-refractivity contribution in [3.05, 3.63) is 72.1 Å². The molecule has 3 aromatic rings. The highest BCUT2D eigenvalue weighted by molar-refractivity contribution is 5.94. The van der Waals surface area contributed by atoms with E-state index in [-0.39, 0.29) is 11.6 Å². The van der Waals surface area contributed by atoms with Gasteiger partial charge in [0.2, 0.25) is 0 Å². The van der Waals surface area contributed by atoms with Gasteiger partial charge in [-0.15, -0.1) is 0 Å². The lowest BCUT2D eigenvalue weighted by Crippen LogP contribution is -3.12. The molecule has 0 bridgehead atoms. The minimum Gasteiger partial charge on any atom is -0.496 e. The Balaban J connectivity index is 1.32. The van der Waals surface area contributed by atoms with Gasteiger partial charge in [-0.05, 0) is 55.5 Å². The second kappa shape index (κ2) is 10.7. The van der Waals surface area contributed by atoms with Crippen LogP contribution in [0.25, 0.3) is 11.1 Å². The zero-order valence-electron chi connectivity index (χ0n) is 20.9. The molecule has 7 heteroatoms. The molecule has 1 aliphatic heterocycles. The Labute approximate surface area is 211 Å². The normalized spacial score (nSPS) is 22.9. The number of likely N-dealkylation sites (tertiary alicyclic amines) is 1. The van der Waals surface area contributed by atoms with Crippen molar-refractivity contribution in [3.8, 4) is 22.6 Å². The third-order valence-electron chi connectivity index (χ3n) is 7.80. The van der Waals surface area contributed by atoms with Crippen LogP contribution in [0.3, 0.4) is 0 Å². The van der Waals surface area contributed by atoms with E-state index in [0.29, 0.717) is 36.6 Å². The highest BCUT2D eigenvalue weighted by Crippen LogP contribution is 2.41. The maximum absolute atomic E-state index is 13.5. The second-order valence-electron chi connectivity index (χ2n) is 9.81. The van der Waals surface area contributed by atoms with Gasteiger partial charge in [-0.2, -0.15) is 0 Å². The minimum absolute atomic E-state index is 0.102. The van der Waals surface area contributed by atoms with Crippen LogP contribution >= 0.6 is 0 Å². The molecular formula is C29H33FN3O3+. The Morgan fingerprint density at radius 3 is 2.64 bits per heavy atom. The van der Waals surface area contributed by atoms with Crippen molar-refractivity contribution in [2.24, 2.45) is 11.8 Å². The fourth-order valence-corrected chi connectivity index (χ4v) is 6.23. The Kier molecular flexibility index (Phi) is 7.28. The van der Waals surface area contributed by atoms with Crippen LogP contribution in [-0.2, 0) is 6.54 Å². The first-order valence-electron chi connectivity index (χ1n) is 12.8. The zero-order valence-corrected chi connectivity index (χ0v) is 20.9. The number of nitrogens with one attached hydrogen (secondary N) is 1. The van der Waals surface area contributed by atoms with E-state index < -0.39 is 0 Å². The summed E-state index contributed by atoms with van der Waals surface area (Å²) in [6.07, 6.45) is 8.67. The Morgan fingerprint density at radius 2 is 1.92 bits per heavy atom. The highest BCUT2D eigenvalue weighted by atomic mass is 19.1. The van der Waals surface area contributed by atoms with Crippen LogP contribution in [-0.4, -0.2) is 42.1 Å². The molecule has 1 saturated carbocycles. The molecule has 1 N–H and O–H groups in total. The number of ketones is 1. The zero-order chi connectivity index (χ0) is 25.1. The second-order valence-corrected chi connectivity index (χ2v) is 9.81. The first-order valence-corrected chi connectivity index (χ1v) is 12.8.